The smallest absolute Gasteiger partial charge is 0.320 e. The van der Waals surface area contributed by atoms with E-state index in [2.05, 4.69) is 0 Å². The molecular weight excluding hydrogens is 276 g/mol. The molecule has 21 heavy (non-hydrogen) atoms. The number of carbonyl (C=O) groups is 3. The largest absolute Gasteiger partial charge is 0.480 e. The molecule has 8 heteroatoms. The number of likely N-dealkylation sites (N-methyl/N-ethyl adjacent to an activating group) is 1. The van der Waals surface area contributed by atoms with Crippen molar-refractivity contribution < 1.29 is 19.5 Å². The highest BCUT2D eigenvalue weighted by atomic mass is 16.4. The molecule has 1 N–H and O–H groups in total. The summed E-state index contributed by atoms with van der Waals surface area (Å²) >= 11 is 0. The summed E-state index contributed by atoms with van der Waals surface area (Å²) < 4.78 is 0. The number of hydrogen-bond acceptors (Lipinski definition) is 4. The maximum absolute atomic E-state index is 12.4. The van der Waals surface area contributed by atoms with E-state index in [9.17, 15) is 14.4 Å². The van der Waals surface area contributed by atoms with Crippen molar-refractivity contribution in [2.24, 2.45) is 0 Å². The molecule has 0 aromatic heterocycles. The van der Waals surface area contributed by atoms with Crippen LogP contribution >= 0.6 is 0 Å². The number of hydrogen-bond donors (Lipinski definition) is 1. The molecular formula is C13H22N4O4. The van der Waals surface area contributed by atoms with E-state index in [1.807, 2.05) is 4.90 Å². The Balaban J connectivity index is 1.86. The van der Waals surface area contributed by atoms with E-state index in [-0.39, 0.29) is 25.0 Å². The number of rotatable bonds is 2. The topological polar surface area (TPSA) is 84.4 Å². The van der Waals surface area contributed by atoms with Gasteiger partial charge in [-0.25, -0.2) is 4.79 Å². The third-order valence-corrected chi connectivity index (χ3v) is 3.95. The molecule has 2 rings (SSSR count). The third-order valence-electron chi connectivity index (χ3n) is 3.95. The van der Waals surface area contributed by atoms with E-state index < -0.39 is 5.97 Å². The van der Waals surface area contributed by atoms with Crippen molar-refractivity contribution in [1.29, 1.82) is 0 Å². The van der Waals surface area contributed by atoms with Crippen LogP contribution in [-0.2, 0) is 9.59 Å². The SMILES string of the molecule is CN1CCCN(C(=O)N2CCN(CC(=O)O)CC2)CC1=O. The van der Waals surface area contributed by atoms with Gasteiger partial charge in [-0.2, -0.15) is 0 Å². The van der Waals surface area contributed by atoms with Crippen molar-refractivity contribution in [3.05, 3.63) is 0 Å². The summed E-state index contributed by atoms with van der Waals surface area (Å²) in [6.45, 7) is 3.53. The number of amides is 3. The third kappa shape index (κ3) is 4.07. The van der Waals surface area contributed by atoms with Crippen LogP contribution in [0.3, 0.4) is 0 Å². The van der Waals surface area contributed by atoms with Crippen molar-refractivity contribution in [2.45, 2.75) is 6.42 Å². The van der Waals surface area contributed by atoms with Crippen LogP contribution in [0.5, 0.6) is 0 Å². The van der Waals surface area contributed by atoms with Crippen LogP contribution in [0, 0.1) is 0 Å². The Kier molecular flexibility index (Phi) is 5.00. The number of carbonyl (C=O) groups excluding carboxylic acids is 2. The first-order chi connectivity index (χ1) is 9.97. The zero-order chi connectivity index (χ0) is 15.4. The average Bonchev–Trinajstić information content (AvgIpc) is 2.61. The molecule has 0 saturated carbocycles. The molecule has 0 bridgehead atoms. The molecule has 0 aromatic carbocycles. The lowest BCUT2D eigenvalue weighted by Gasteiger charge is -2.36. The molecule has 0 atom stereocenters. The van der Waals surface area contributed by atoms with Crippen LogP contribution in [0.4, 0.5) is 4.79 Å². The van der Waals surface area contributed by atoms with E-state index in [0.29, 0.717) is 39.3 Å². The minimum atomic E-state index is -0.851. The predicted molar refractivity (Wildman–Crippen MR) is 74.9 cm³/mol. The lowest BCUT2D eigenvalue weighted by molar-refractivity contribution is -0.138. The number of carboxylic acids is 1. The number of urea groups is 1. The molecule has 3 amide bonds. The standard InChI is InChI=1S/C13H22N4O4/c1-14-3-2-4-17(9-11(14)18)13(21)16-7-5-15(6-8-16)10-12(19)20/h2-10H2,1H3,(H,19,20). The Morgan fingerprint density at radius 3 is 2.33 bits per heavy atom. The van der Waals surface area contributed by atoms with Gasteiger partial charge in [0.2, 0.25) is 5.91 Å². The van der Waals surface area contributed by atoms with Gasteiger partial charge >= 0.3 is 12.0 Å². The lowest BCUT2D eigenvalue weighted by Crippen LogP contribution is -2.54. The number of piperazine rings is 1. The predicted octanol–water partition coefficient (Wildman–Crippen LogP) is -1.03. The van der Waals surface area contributed by atoms with E-state index in [1.54, 1.807) is 21.7 Å². The average molecular weight is 298 g/mol. The Hall–Kier alpha value is -1.83. The summed E-state index contributed by atoms with van der Waals surface area (Å²) in [6.07, 6.45) is 0.785. The minimum Gasteiger partial charge on any atom is -0.480 e. The molecule has 0 aliphatic carbocycles. The van der Waals surface area contributed by atoms with E-state index in [4.69, 9.17) is 5.11 Å². The summed E-state index contributed by atoms with van der Waals surface area (Å²) in [5, 5.41) is 8.76. The molecule has 2 aliphatic rings. The van der Waals surface area contributed by atoms with Gasteiger partial charge in [-0.3, -0.25) is 14.5 Å². The zero-order valence-electron chi connectivity index (χ0n) is 12.3. The van der Waals surface area contributed by atoms with Gasteiger partial charge in [0.05, 0.1) is 6.54 Å². The highest BCUT2D eigenvalue weighted by Crippen LogP contribution is 2.09. The van der Waals surface area contributed by atoms with Crippen molar-refractivity contribution in [1.82, 2.24) is 19.6 Å². The van der Waals surface area contributed by atoms with Crippen molar-refractivity contribution in [2.75, 3.05) is 59.4 Å². The summed E-state index contributed by atoms with van der Waals surface area (Å²) in [5.41, 5.74) is 0. The first-order valence-corrected chi connectivity index (χ1v) is 7.19. The van der Waals surface area contributed by atoms with Crippen LogP contribution < -0.4 is 0 Å². The Labute approximate surface area is 123 Å². The zero-order valence-corrected chi connectivity index (χ0v) is 12.3. The van der Waals surface area contributed by atoms with Crippen LogP contribution in [0.1, 0.15) is 6.42 Å². The molecule has 2 fully saturated rings. The first-order valence-electron chi connectivity index (χ1n) is 7.19. The molecule has 0 aromatic rings. The maximum Gasteiger partial charge on any atom is 0.320 e. The highest BCUT2D eigenvalue weighted by molar-refractivity contribution is 5.84. The molecule has 0 spiro atoms. The van der Waals surface area contributed by atoms with Crippen molar-refractivity contribution >= 4 is 17.9 Å². The Morgan fingerprint density at radius 1 is 1.05 bits per heavy atom. The van der Waals surface area contributed by atoms with Gasteiger partial charge in [0.1, 0.15) is 6.54 Å². The van der Waals surface area contributed by atoms with Gasteiger partial charge in [0.25, 0.3) is 0 Å². The maximum atomic E-state index is 12.4. The fraction of sp³-hybridized carbons (Fsp3) is 0.769. The second kappa shape index (κ2) is 6.75. The van der Waals surface area contributed by atoms with Crippen molar-refractivity contribution in [3.8, 4) is 0 Å². The summed E-state index contributed by atoms with van der Waals surface area (Å²) in [7, 11) is 1.75. The molecule has 2 saturated heterocycles. The second-order valence-electron chi connectivity index (χ2n) is 5.53. The monoisotopic (exact) mass is 298 g/mol. The normalized spacial score (nSPS) is 21.4. The molecule has 0 radical (unpaired) electrons. The molecule has 8 nitrogen and oxygen atoms in total. The van der Waals surface area contributed by atoms with Crippen LogP contribution in [0.2, 0.25) is 0 Å². The molecule has 0 unspecified atom stereocenters. The number of carboxylic acid groups (broad SMARTS) is 1. The van der Waals surface area contributed by atoms with E-state index in [0.717, 1.165) is 6.42 Å². The highest BCUT2D eigenvalue weighted by Gasteiger charge is 2.29. The summed E-state index contributed by atoms with van der Waals surface area (Å²) in [4.78, 5) is 41.7. The van der Waals surface area contributed by atoms with Crippen LogP contribution in [-0.4, -0.2) is 102 Å². The Bertz CT molecular complexity index is 420. The second-order valence-corrected chi connectivity index (χ2v) is 5.53. The number of aliphatic carboxylic acids is 1. The first kappa shape index (κ1) is 15.6. The quantitative estimate of drug-likeness (QED) is 0.705. The number of nitrogens with zero attached hydrogens (tertiary/aromatic N) is 4. The van der Waals surface area contributed by atoms with Crippen molar-refractivity contribution in [3.63, 3.8) is 0 Å². The molecule has 2 heterocycles. The fourth-order valence-electron chi connectivity index (χ4n) is 2.64. The minimum absolute atomic E-state index is 0.00895. The van der Waals surface area contributed by atoms with E-state index >= 15 is 0 Å². The van der Waals surface area contributed by atoms with Crippen LogP contribution in [0.15, 0.2) is 0 Å². The summed E-state index contributed by atoms with van der Waals surface area (Å²) in [6, 6.07) is -0.117. The summed E-state index contributed by atoms with van der Waals surface area (Å²) in [5.74, 6) is -0.888. The van der Waals surface area contributed by atoms with Gasteiger partial charge < -0.3 is 19.8 Å². The van der Waals surface area contributed by atoms with E-state index in [1.165, 1.54) is 0 Å². The molecule has 118 valence electrons. The van der Waals surface area contributed by atoms with Gasteiger partial charge in [0.15, 0.2) is 0 Å². The van der Waals surface area contributed by atoms with Crippen LogP contribution in [0.25, 0.3) is 0 Å². The lowest BCUT2D eigenvalue weighted by atomic mass is 10.3. The fourth-order valence-corrected chi connectivity index (χ4v) is 2.64. The van der Waals surface area contributed by atoms with Gasteiger partial charge in [-0.15, -0.1) is 0 Å². The Morgan fingerprint density at radius 2 is 1.71 bits per heavy atom. The van der Waals surface area contributed by atoms with Gasteiger partial charge in [0, 0.05) is 46.3 Å². The molecule has 2 aliphatic heterocycles. The van der Waals surface area contributed by atoms with Gasteiger partial charge in [-0.1, -0.05) is 0 Å². The van der Waals surface area contributed by atoms with Gasteiger partial charge in [-0.05, 0) is 6.42 Å².